The molecule has 0 unspecified atom stereocenters. The van der Waals surface area contributed by atoms with Crippen molar-refractivity contribution >= 4 is 37.5 Å². The van der Waals surface area contributed by atoms with Crippen LogP contribution in [0.25, 0.3) is 0 Å². The fraction of sp³-hybridized carbons (Fsp3) is 0.250. The zero-order valence-corrected chi connectivity index (χ0v) is 14.9. The lowest BCUT2D eigenvalue weighted by Gasteiger charge is -2.11. The standard InChI is InChI=1S/C16H17Br2NO2/c1-20-15-9-14(18)16(10-13(15)17)21-8-2-3-11-4-6-12(19)7-5-11/h4-7,9-10H,2-3,8,19H2,1H3. The molecule has 0 aliphatic carbocycles. The number of benzene rings is 2. The molecule has 0 amide bonds. The first-order valence-corrected chi connectivity index (χ1v) is 8.19. The molecule has 2 aromatic carbocycles. The van der Waals surface area contributed by atoms with Crippen LogP contribution in [-0.4, -0.2) is 13.7 Å². The zero-order chi connectivity index (χ0) is 15.2. The van der Waals surface area contributed by atoms with Crippen LogP contribution in [0.1, 0.15) is 12.0 Å². The Kier molecular flexibility index (Phi) is 5.94. The lowest BCUT2D eigenvalue weighted by Crippen LogP contribution is -2.00. The van der Waals surface area contributed by atoms with Gasteiger partial charge in [-0.1, -0.05) is 12.1 Å². The number of ether oxygens (including phenoxy) is 2. The smallest absolute Gasteiger partial charge is 0.134 e. The van der Waals surface area contributed by atoms with Crippen molar-refractivity contribution in [3.8, 4) is 11.5 Å². The van der Waals surface area contributed by atoms with Crippen molar-refractivity contribution in [3.05, 3.63) is 50.9 Å². The van der Waals surface area contributed by atoms with E-state index < -0.39 is 0 Å². The quantitative estimate of drug-likeness (QED) is 0.544. The van der Waals surface area contributed by atoms with Crippen LogP contribution in [0.2, 0.25) is 0 Å². The van der Waals surface area contributed by atoms with Gasteiger partial charge in [-0.25, -0.2) is 0 Å². The van der Waals surface area contributed by atoms with Crippen LogP contribution in [0.5, 0.6) is 11.5 Å². The molecule has 2 rings (SSSR count). The van der Waals surface area contributed by atoms with Gasteiger partial charge in [0, 0.05) is 5.69 Å². The molecule has 2 aromatic rings. The van der Waals surface area contributed by atoms with E-state index in [4.69, 9.17) is 15.2 Å². The van der Waals surface area contributed by atoms with Crippen LogP contribution in [-0.2, 0) is 6.42 Å². The fourth-order valence-electron chi connectivity index (χ4n) is 1.92. The number of anilines is 1. The molecule has 0 aliphatic heterocycles. The zero-order valence-electron chi connectivity index (χ0n) is 11.7. The minimum absolute atomic E-state index is 0.655. The molecule has 5 heteroatoms. The van der Waals surface area contributed by atoms with Gasteiger partial charge in [0.05, 0.1) is 22.7 Å². The molecule has 0 saturated carbocycles. The predicted octanol–water partition coefficient (Wildman–Crippen LogP) is 4.81. The molecule has 0 aliphatic rings. The van der Waals surface area contributed by atoms with Gasteiger partial charge in [0.1, 0.15) is 11.5 Å². The highest BCUT2D eigenvalue weighted by molar-refractivity contribution is 9.11. The van der Waals surface area contributed by atoms with Gasteiger partial charge in [0.2, 0.25) is 0 Å². The summed E-state index contributed by atoms with van der Waals surface area (Å²) in [5.41, 5.74) is 7.73. The second-order valence-electron chi connectivity index (χ2n) is 4.61. The van der Waals surface area contributed by atoms with Gasteiger partial charge < -0.3 is 15.2 Å². The van der Waals surface area contributed by atoms with E-state index in [1.165, 1.54) is 5.56 Å². The highest BCUT2D eigenvalue weighted by Crippen LogP contribution is 2.36. The molecule has 112 valence electrons. The monoisotopic (exact) mass is 413 g/mol. The van der Waals surface area contributed by atoms with Crippen molar-refractivity contribution in [3.63, 3.8) is 0 Å². The first kappa shape index (κ1) is 16.2. The Morgan fingerprint density at radius 1 is 1.00 bits per heavy atom. The second kappa shape index (κ2) is 7.71. The summed E-state index contributed by atoms with van der Waals surface area (Å²) in [5.74, 6) is 1.58. The van der Waals surface area contributed by atoms with Crippen molar-refractivity contribution in [1.82, 2.24) is 0 Å². The van der Waals surface area contributed by atoms with Gasteiger partial charge in [0.25, 0.3) is 0 Å². The fourth-order valence-corrected chi connectivity index (χ4v) is 2.84. The summed E-state index contributed by atoms with van der Waals surface area (Å²) in [4.78, 5) is 0. The Morgan fingerprint density at radius 2 is 1.62 bits per heavy atom. The van der Waals surface area contributed by atoms with Crippen LogP contribution in [0, 0.1) is 0 Å². The van der Waals surface area contributed by atoms with E-state index in [0.29, 0.717) is 6.61 Å². The minimum Gasteiger partial charge on any atom is -0.496 e. The maximum Gasteiger partial charge on any atom is 0.134 e. The number of rotatable bonds is 6. The highest BCUT2D eigenvalue weighted by Gasteiger charge is 2.08. The van der Waals surface area contributed by atoms with Crippen molar-refractivity contribution in [1.29, 1.82) is 0 Å². The Bertz CT molecular complexity index is 600. The van der Waals surface area contributed by atoms with Gasteiger partial charge in [-0.3, -0.25) is 0 Å². The molecule has 0 aromatic heterocycles. The normalized spacial score (nSPS) is 10.4. The Balaban J connectivity index is 1.86. The number of halogens is 2. The Morgan fingerprint density at radius 3 is 2.29 bits per heavy atom. The molecular weight excluding hydrogens is 398 g/mol. The number of hydrogen-bond acceptors (Lipinski definition) is 3. The SMILES string of the molecule is COc1cc(Br)c(OCCCc2ccc(N)cc2)cc1Br. The highest BCUT2D eigenvalue weighted by atomic mass is 79.9. The summed E-state index contributed by atoms with van der Waals surface area (Å²) in [7, 11) is 1.64. The molecular formula is C16H17Br2NO2. The third-order valence-electron chi connectivity index (χ3n) is 3.05. The first-order valence-electron chi connectivity index (χ1n) is 6.60. The number of aryl methyl sites for hydroxylation is 1. The third kappa shape index (κ3) is 4.64. The van der Waals surface area contributed by atoms with E-state index in [1.807, 2.05) is 24.3 Å². The van der Waals surface area contributed by atoms with Gasteiger partial charge in [0.15, 0.2) is 0 Å². The van der Waals surface area contributed by atoms with Crippen LogP contribution < -0.4 is 15.2 Å². The van der Waals surface area contributed by atoms with Crippen molar-refractivity contribution in [2.75, 3.05) is 19.5 Å². The van der Waals surface area contributed by atoms with E-state index >= 15 is 0 Å². The number of nitrogen functional groups attached to an aromatic ring is 1. The molecule has 3 nitrogen and oxygen atoms in total. The van der Waals surface area contributed by atoms with Gasteiger partial charge in [-0.2, -0.15) is 0 Å². The molecule has 0 bridgehead atoms. The minimum atomic E-state index is 0.655. The van der Waals surface area contributed by atoms with E-state index in [9.17, 15) is 0 Å². The molecule has 0 fully saturated rings. The van der Waals surface area contributed by atoms with Gasteiger partial charge in [-0.15, -0.1) is 0 Å². The second-order valence-corrected chi connectivity index (χ2v) is 6.32. The van der Waals surface area contributed by atoms with E-state index in [0.717, 1.165) is 39.0 Å². The van der Waals surface area contributed by atoms with Crippen LogP contribution in [0.4, 0.5) is 5.69 Å². The topological polar surface area (TPSA) is 44.5 Å². The molecule has 21 heavy (non-hydrogen) atoms. The summed E-state index contributed by atoms with van der Waals surface area (Å²) in [6, 6.07) is 11.7. The summed E-state index contributed by atoms with van der Waals surface area (Å²) in [6.07, 6.45) is 1.91. The lowest BCUT2D eigenvalue weighted by atomic mass is 10.1. The molecule has 0 saturated heterocycles. The molecule has 0 radical (unpaired) electrons. The van der Waals surface area contributed by atoms with E-state index in [1.54, 1.807) is 7.11 Å². The van der Waals surface area contributed by atoms with Gasteiger partial charge in [-0.05, 0) is 74.5 Å². The van der Waals surface area contributed by atoms with Crippen molar-refractivity contribution in [2.24, 2.45) is 0 Å². The third-order valence-corrected chi connectivity index (χ3v) is 4.29. The molecule has 0 spiro atoms. The van der Waals surface area contributed by atoms with Crippen LogP contribution in [0.15, 0.2) is 45.3 Å². The average molecular weight is 415 g/mol. The number of hydrogen-bond donors (Lipinski definition) is 1. The maximum absolute atomic E-state index is 5.81. The Hall–Kier alpha value is -1.20. The number of methoxy groups -OCH3 is 1. The largest absolute Gasteiger partial charge is 0.496 e. The predicted molar refractivity (Wildman–Crippen MR) is 93.1 cm³/mol. The maximum atomic E-state index is 5.81. The van der Waals surface area contributed by atoms with Gasteiger partial charge >= 0.3 is 0 Å². The van der Waals surface area contributed by atoms with Crippen LogP contribution >= 0.6 is 31.9 Å². The Labute approximate surface area is 141 Å². The summed E-state index contributed by atoms with van der Waals surface area (Å²) >= 11 is 6.94. The summed E-state index contributed by atoms with van der Waals surface area (Å²) in [6.45, 7) is 0.655. The van der Waals surface area contributed by atoms with E-state index in [-0.39, 0.29) is 0 Å². The lowest BCUT2D eigenvalue weighted by molar-refractivity contribution is 0.308. The number of nitrogens with two attached hydrogens (primary N) is 1. The van der Waals surface area contributed by atoms with Crippen molar-refractivity contribution in [2.45, 2.75) is 12.8 Å². The van der Waals surface area contributed by atoms with E-state index in [2.05, 4.69) is 44.0 Å². The molecule has 0 atom stereocenters. The van der Waals surface area contributed by atoms with Crippen molar-refractivity contribution < 1.29 is 9.47 Å². The average Bonchev–Trinajstić information content (AvgIpc) is 2.48. The summed E-state index contributed by atoms with van der Waals surface area (Å²) < 4.78 is 12.8. The molecule has 0 heterocycles. The summed E-state index contributed by atoms with van der Waals surface area (Å²) in [5, 5.41) is 0. The van der Waals surface area contributed by atoms with Crippen LogP contribution in [0.3, 0.4) is 0 Å². The molecule has 2 N–H and O–H groups in total. The first-order chi connectivity index (χ1) is 10.1.